The average Bonchev–Trinajstić information content (AvgIpc) is 2.92. The average molecular weight is 532 g/mol. The van der Waals surface area contributed by atoms with Crippen LogP contribution in [0.1, 0.15) is 96.5 Å². The fourth-order valence-electron chi connectivity index (χ4n) is 4.25. The lowest BCUT2D eigenvalue weighted by Gasteiger charge is -2.12. The van der Waals surface area contributed by atoms with Gasteiger partial charge in [-0.15, -0.1) is 0 Å². The van der Waals surface area contributed by atoms with Crippen molar-refractivity contribution in [2.45, 2.75) is 104 Å². The third kappa shape index (κ3) is 13.7. The first kappa shape index (κ1) is 31.0. The van der Waals surface area contributed by atoms with Crippen molar-refractivity contribution in [3.05, 3.63) is 53.3 Å². The number of carbonyl (C=O) groups is 1. The molecule has 1 aromatic heterocycles. The van der Waals surface area contributed by atoms with Crippen molar-refractivity contribution in [1.82, 2.24) is 5.32 Å². The first-order chi connectivity index (χ1) is 18.1. The summed E-state index contributed by atoms with van der Waals surface area (Å²) in [4.78, 5) is 12.2. The van der Waals surface area contributed by atoms with Crippen molar-refractivity contribution in [2.24, 2.45) is 0 Å². The lowest BCUT2D eigenvalue weighted by molar-refractivity contribution is -0.693. The predicted octanol–water partition coefficient (Wildman–Crippen LogP) is 7.47. The van der Waals surface area contributed by atoms with Crippen molar-refractivity contribution in [3.63, 3.8) is 0 Å². The quantitative estimate of drug-likeness (QED) is 0.134. The number of nitrogens with zero attached hydrogens (tertiary/aromatic N) is 1. The van der Waals surface area contributed by atoms with Crippen molar-refractivity contribution in [3.8, 4) is 11.5 Å². The molecule has 2 aromatic rings. The first-order valence-corrected chi connectivity index (χ1v) is 14.8. The number of pyridine rings is 1. The Hall–Kier alpha value is -2.27. The molecule has 1 amide bonds. The summed E-state index contributed by atoms with van der Waals surface area (Å²) in [7, 11) is 0. The second-order valence-electron chi connectivity index (χ2n) is 9.73. The van der Waals surface area contributed by atoms with Crippen molar-refractivity contribution in [2.75, 3.05) is 19.8 Å². The SMILES string of the molecule is CCCCCCCCCCCCCCOc1cccc(OCC(=O)NCCc2cc[n+](CC)cc2)c1Cl. The molecule has 5 nitrogen and oxygen atoms in total. The number of unbranched alkanes of at least 4 members (excludes halogenated alkanes) is 11. The molecule has 0 atom stereocenters. The molecule has 2 rings (SSSR count). The van der Waals surface area contributed by atoms with Gasteiger partial charge in [-0.05, 0) is 37.5 Å². The van der Waals surface area contributed by atoms with Gasteiger partial charge < -0.3 is 14.8 Å². The predicted molar refractivity (Wildman–Crippen MR) is 153 cm³/mol. The molecule has 0 saturated carbocycles. The monoisotopic (exact) mass is 531 g/mol. The zero-order valence-electron chi connectivity index (χ0n) is 23.1. The van der Waals surface area contributed by atoms with Crippen LogP contribution in [0.4, 0.5) is 0 Å². The van der Waals surface area contributed by atoms with Crippen LogP contribution in [0.5, 0.6) is 11.5 Å². The number of ether oxygens (including phenoxy) is 2. The minimum absolute atomic E-state index is 0.0768. The zero-order chi connectivity index (χ0) is 26.6. The molecule has 1 aromatic carbocycles. The molecule has 0 unspecified atom stereocenters. The van der Waals surface area contributed by atoms with Gasteiger partial charge in [-0.2, -0.15) is 0 Å². The molecule has 37 heavy (non-hydrogen) atoms. The summed E-state index contributed by atoms with van der Waals surface area (Å²) in [6.45, 7) is 6.44. The number of halogens is 1. The summed E-state index contributed by atoms with van der Waals surface area (Å²) in [5.74, 6) is 0.908. The summed E-state index contributed by atoms with van der Waals surface area (Å²) in [5.41, 5.74) is 1.19. The molecule has 0 aliphatic carbocycles. The number of benzene rings is 1. The Balaban J connectivity index is 1.54. The molecule has 0 radical (unpaired) electrons. The van der Waals surface area contributed by atoms with Gasteiger partial charge in [-0.3, -0.25) is 4.79 Å². The largest absolute Gasteiger partial charge is 0.492 e. The van der Waals surface area contributed by atoms with Crippen molar-refractivity contribution in [1.29, 1.82) is 0 Å². The Kier molecular flexibility index (Phi) is 16.6. The summed E-state index contributed by atoms with van der Waals surface area (Å²) < 4.78 is 13.7. The molecule has 0 fully saturated rings. The molecule has 6 heteroatoms. The van der Waals surface area contributed by atoms with E-state index in [4.69, 9.17) is 21.1 Å². The second-order valence-corrected chi connectivity index (χ2v) is 10.1. The number of hydrogen-bond acceptors (Lipinski definition) is 3. The molecule has 0 spiro atoms. The maximum atomic E-state index is 12.2. The number of rotatable bonds is 21. The van der Waals surface area contributed by atoms with Crippen molar-refractivity contribution < 1.29 is 18.8 Å². The topological polar surface area (TPSA) is 51.4 Å². The number of carbonyl (C=O) groups excluding carboxylic acids is 1. The van der Waals surface area contributed by atoms with Crippen LogP contribution >= 0.6 is 11.6 Å². The highest BCUT2D eigenvalue weighted by molar-refractivity contribution is 6.33. The van der Waals surface area contributed by atoms with Crippen LogP contribution in [0, 0.1) is 0 Å². The van der Waals surface area contributed by atoms with Crippen LogP contribution in [0.15, 0.2) is 42.7 Å². The maximum absolute atomic E-state index is 12.2. The Morgan fingerprint density at radius 1 is 0.811 bits per heavy atom. The number of amides is 1. The van der Waals surface area contributed by atoms with Gasteiger partial charge in [0.05, 0.1) is 6.61 Å². The Bertz CT molecular complexity index is 873. The Labute approximate surface area is 229 Å². The highest BCUT2D eigenvalue weighted by Gasteiger charge is 2.11. The smallest absolute Gasteiger partial charge is 0.257 e. The number of aryl methyl sites for hydroxylation is 1. The van der Waals surface area contributed by atoms with Gasteiger partial charge in [0.25, 0.3) is 5.91 Å². The van der Waals surface area contributed by atoms with Crippen molar-refractivity contribution >= 4 is 17.5 Å². The molecular formula is C31H48ClN2O3+. The zero-order valence-corrected chi connectivity index (χ0v) is 23.9. The molecule has 0 saturated heterocycles. The van der Waals surface area contributed by atoms with Gasteiger partial charge in [-0.1, -0.05) is 95.2 Å². The van der Waals surface area contributed by atoms with Crippen LogP contribution in [-0.4, -0.2) is 25.7 Å². The summed E-state index contributed by atoms with van der Waals surface area (Å²) in [6, 6.07) is 9.61. The third-order valence-electron chi connectivity index (χ3n) is 6.60. The van der Waals surface area contributed by atoms with Crippen LogP contribution in [0.25, 0.3) is 0 Å². The molecule has 0 bridgehead atoms. The van der Waals surface area contributed by atoms with Gasteiger partial charge in [0, 0.05) is 18.7 Å². The van der Waals surface area contributed by atoms with Gasteiger partial charge in [0.1, 0.15) is 23.1 Å². The van der Waals surface area contributed by atoms with E-state index in [-0.39, 0.29) is 12.5 Å². The molecule has 1 N–H and O–H groups in total. The lowest BCUT2D eigenvalue weighted by atomic mass is 10.1. The number of hydrogen-bond donors (Lipinski definition) is 1. The van der Waals surface area contributed by atoms with Gasteiger partial charge >= 0.3 is 0 Å². The highest BCUT2D eigenvalue weighted by Crippen LogP contribution is 2.34. The van der Waals surface area contributed by atoms with Crippen LogP contribution in [0.3, 0.4) is 0 Å². The Morgan fingerprint density at radius 2 is 1.38 bits per heavy atom. The van der Waals surface area contributed by atoms with E-state index in [9.17, 15) is 4.79 Å². The van der Waals surface area contributed by atoms with E-state index in [1.165, 1.54) is 76.2 Å². The van der Waals surface area contributed by atoms with E-state index in [2.05, 4.69) is 48.3 Å². The van der Waals surface area contributed by atoms with E-state index in [0.29, 0.717) is 29.7 Å². The Morgan fingerprint density at radius 3 is 1.97 bits per heavy atom. The summed E-state index contributed by atoms with van der Waals surface area (Å²) in [6.07, 6.45) is 20.7. The third-order valence-corrected chi connectivity index (χ3v) is 6.98. The summed E-state index contributed by atoms with van der Waals surface area (Å²) in [5, 5.41) is 3.32. The van der Waals surface area contributed by atoms with Gasteiger partial charge in [-0.25, -0.2) is 4.57 Å². The van der Waals surface area contributed by atoms with Crippen LogP contribution in [-0.2, 0) is 17.8 Å². The van der Waals surface area contributed by atoms with E-state index < -0.39 is 0 Å². The van der Waals surface area contributed by atoms with E-state index in [1.807, 2.05) is 12.1 Å². The van der Waals surface area contributed by atoms with Crippen LogP contribution < -0.4 is 19.4 Å². The second kappa shape index (κ2) is 19.8. The van der Waals surface area contributed by atoms with E-state index in [1.54, 1.807) is 6.07 Å². The van der Waals surface area contributed by atoms with E-state index >= 15 is 0 Å². The standard InChI is InChI=1S/C31H47ClN2O3/c1-3-5-6-7-8-9-10-11-12-13-14-15-25-36-28-17-16-18-29(31(28)32)37-26-30(35)33-22-19-27-20-23-34(4-2)24-21-27/h16-18,20-21,23-24H,3-15,19,22,25-26H2,1-2H3/p+1. The van der Waals surface area contributed by atoms with Crippen LogP contribution in [0.2, 0.25) is 5.02 Å². The first-order valence-electron chi connectivity index (χ1n) is 14.4. The molecule has 0 aliphatic rings. The minimum atomic E-state index is -0.168. The normalized spacial score (nSPS) is 10.9. The van der Waals surface area contributed by atoms with Gasteiger partial charge in [0.15, 0.2) is 19.0 Å². The molecule has 1 heterocycles. The fourth-order valence-corrected chi connectivity index (χ4v) is 4.48. The highest BCUT2D eigenvalue weighted by atomic mass is 35.5. The van der Waals surface area contributed by atoms with E-state index in [0.717, 1.165) is 19.4 Å². The summed E-state index contributed by atoms with van der Waals surface area (Å²) >= 11 is 6.47. The number of nitrogens with one attached hydrogen (secondary N) is 1. The lowest BCUT2D eigenvalue weighted by Crippen LogP contribution is -2.32. The molecule has 206 valence electrons. The minimum Gasteiger partial charge on any atom is -0.492 e. The molecular weight excluding hydrogens is 484 g/mol. The van der Waals surface area contributed by atoms with Gasteiger partial charge in [0.2, 0.25) is 0 Å². The maximum Gasteiger partial charge on any atom is 0.257 e. The fraction of sp³-hybridized carbons (Fsp3) is 0.613. The number of aromatic nitrogens is 1. The molecule has 0 aliphatic heterocycles.